The Morgan fingerprint density at radius 2 is 1.96 bits per heavy atom. The van der Waals surface area contributed by atoms with Crippen molar-refractivity contribution in [1.29, 1.82) is 0 Å². The lowest BCUT2D eigenvalue weighted by molar-refractivity contribution is -0.255. The zero-order valence-corrected chi connectivity index (χ0v) is 31.8. The summed E-state index contributed by atoms with van der Waals surface area (Å²) in [5.74, 6) is -0.0329. The lowest BCUT2D eigenvalue weighted by Crippen LogP contribution is -2.70. The minimum absolute atomic E-state index is 0.114. The number of benzene rings is 1. The number of hydrogen-bond donors (Lipinski definition) is 2. The summed E-state index contributed by atoms with van der Waals surface area (Å²) in [5.41, 5.74) is 2.79. The summed E-state index contributed by atoms with van der Waals surface area (Å²) in [4.78, 5) is 24.0. The Bertz CT molecular complexity index is 1430. The number of rotatable bonds is 20. The molecule has 1 aromatic carbocycles. The number of nitrogens with zero attached hydrogens (tertiary/aromatic N) is 3. The molecule has 12 nitrogen and oxygen atoms in total. The Kier molecular flexibility index (Phi) is 14.1. The van der Waals surface area contributed by atoms with Gasteiger partial charge in [0.05, 0.1) is 32.0 Å². The highest BCUT2D eigenvalue weighted by molar-refractivity contribution is 6.03. The molecule has 1 unspecified atom stereocenters. The molecule has 12 heteroatoms. The average molecular weight is 740 g/mol. The van der Waals surface area contributed by atoms with Crippen molar-refractivity contribution in [3.63, 3.8) is 0 Å². The van der Waals surface area contributed by atoms with Crippen LogP contribution in [0.5, 0.6) is 11.5 Å². The summed E-state index contributed by atoms with van der Waals surface area (Å²) in [7, 11) is 1.41. The number of hydrogen-bond acceptors (Lipinski definition) is 11. The van der Waals surface area contributed by atoms with Gasteiger partial charge in [0, 0.05) is 63.7 Å². The zero-order valence-electron chi connectivity index (χ0n) is 31.8. The van der Waals surface area contributed by atoms with Gasteiger partial charge >= 0.3 is 6.09 Å². The Morgan fingerprint density at radius 1 is 1.15 bits per heavy atom. The highest BCUT2D eigenvalue weighted by atomic mass is 16.8. The predicted octanol–water partition coefficient (Wildman–Crippen LogP) is 6.02. The number of aliphatic hydroxyl groups excluding tert-OH is 2. The van der Waals surface area contributed by atoms with Crippen LogP contribution in [0.4, 0.5) is 4.79 Å². The van der Waals surface area contributed by atoms with Gasteiger partial charge in [0.25, 0.3) is 0 Å². The van der Waals surface area contributed by atoms with E-state index in [1.807, 2.05) is 19.1 Å². The standard InChI is InChI=1S/C41H61N3O9/c1-4-17-44(40(47)48-3)36-28-34(42-53-37-14-8-11-24-50-37)32-26-29(12-6-9-21-45)31(13-7-10-22-46)38-33-27-30(49-25-20-43-18-19-43)15-16-35(33)52-41(36,39(32)38)51-23-5-2/h5,15-16,26-27,29,31,36-39,45-46H,2,4,6-14,17-25,28H2,1,3H3/t29-,31+,36-,37?,38+,39+,41+/m0/s1. The number of ether oxygens (including phenoxy) is 5. The van der Waals surface area contributed by atoms with Crippen LogP contribution in [0.25, 0.3) is 0 Å². The van der Waals surface area contributed by atoms with Gasteiger partial charge in [-0.3, -0.25) is 9.80 Å². The topological polar surface area (TPSA) is 132 Å². The van der Waals surface area contributed by atoms with E-state index < -0.39 is 24.2 Å². The van der Waals surface area contributed by atoms with Gasteiger partial charge in [-0.1, -0.05) is 37.1 Å². The van der Waals surface area contributed by atoms with Gasteiger partial charge in [0.15, 0.2) is 0 Å². The van der Waals surface area contributed by atoms with Crippen LogP contribution in [0.2, 0.25) is 0 Å². The Labute approximate surface area is 315 Å². The van der Waals surface area contributed by atoms with E-state index >= 15 is 0 Å². The highest BCUT2D eigenvalue weighted by Crippen LogP contribution is 2.62. The summed E-state index contributed by atoms with van der Waals surface area (Å²) >= 11 is 0. The van der Waals surface area contributed by atoms with Crippen molar-refractivity contribution < 1.29 is 43.5 Å². The molecule has 0 spiro atoms. The maximum Gasteiger partial charge on any atom is 0.409 e. The minimum atomic E-state index is -1.31. The molecule has 1 amide bonds. The number of methoxy groups -OCH3 is 1. The lowest BCUT2D eigenvalue weighted by atomic mass is 9.55. The van der Waals surface area contributed by atoms with E-state index in [2.05, 4.69) is 23.6 Å². The molecule has 2 aliphatic carbocycles. The van der Waals surface area contributed by atoms with Crippen molar-refractivity contribution in [3.8, 4) is 11.5 Å². The normalized spacial score (nSPS) is 29.7. The van der Waals surface area contributed by atoms with Gasteiger partial charge in [0.2, 0.25) is 12.1 Å². The molecule has 2 N–H and O–H groups in total. The first-order valence-electron chi connectivity index (χ1n) is 20.0. The van der Waals surface area contributed by atoms with Crippen LogP contribution in [0, 0.1) is 17.8 Å². The van der Waals surface area contributed by atoms with E-state index in [9.17, 15) is 15.0 Å². The summed E-state index contributed by atoms with van der Waals surface area (Å²) in [5, 5.41) is 24.6. The van der Waals surface area contributed by atoms with Crippen molar-refractivity contribution in [1.82, 2.24) is 9.80 Å². The van der Waals surface area contributed by atoms with Crippen molar-refractivity contribution in [2.24, 2.45) is 22.9 Å². The zero-order chi connectivity index (χ0) is 37.2. The minimum Gasteiger partial charge on any atom is -0.492 e. The van der Waals surface area contributed by atoms with Crippen molar-refractivity contribution in [2.75, 3.05) is 66.3 Å². The fraction of sp³-hybridized carbons (Fsp3) is 0.707. The summed E-state index contributed by atoms with van der Waals surface area (Å²) in [6, 6.07) is 5.49. The van der Waals surface area contributed by atoms with E-state index in [-0.39, 0.29) is 43.5 Å². The quantitative estimate of drug-likeness (QED) is 0.0709. The molecular weight excluding hydrogens is 678 g/mol. The maximum absolute atomic E-state index is 13.7. The first-order chi connectivity index (χ1) is 26.0. The fourth-order valence-electron chi connectivity index (χ4n) is 8.97. The van der Waals surface area contributed by atoms with Crippen molar-refractivity contribution >= 4 is 11.8 Å². The van der Waals surface area contributed by atoms with E-state index in [4.69, 9.17) is 33.7 Å². The van der Waals surface area contributed by atoms with E-state index in [1.54, 1.807) is 11.0 Å². The summed E-state index contributed by atoms with van der Waals surface area (Å²) in [6.07, 6.45) is 11.9. The molecule has 1 saturated carbocycles. The number of aliphatic hydroxyl groups is 2. The molecule has 3 heterocycles. The molecule has 7 atom stereocenters. The molecule has 6 rings (SSSR count). The highest BCUT2D eigenvalue weighted by Gasteiger charge is 2.65. The fourth-order valence-corrected chi connectivity index (χ4v) is 8.97. The maximum atomic E-state index is 13.7. The molecule has 5 aliphatic rings. The van der Waals surface area contributed by atoms with Crippen LogP contribution in [-0.2, 0) is 19.0 Å². The second-order valence-electron chi connectivity index (χ2n) is 15.0. The first-order valence-corrected chi connectivity index (χ1v) is 20.0. The average Bonchev–Trinajstić information content (AvgIpc) is 4.01. The smallest absolute Gasteiger partial charge is 0.409 e. The molecular formula is C41H61N3O9. The number of allylic oxidation sites excluding steroid dienone is 1. The number of amides is 1. The van der Waals surface area contributed by atoms with Gasteiger partial charge in [-0.25, -0.2) is 4.79 Å². The third-order valence-electron chi connectivity index (χ3n) is 11.5. The van der Waals surface area contributed by atoms with Gasteiger partial charge in [-0.15, -0.1) is 6.58 Å². The van der Waals surface area contributed by atoms with Crippen LogP contribution in [-0.4, -0.2) is 116 Å². The Balaban J connectivity index is 1.54. The van der Waals surface area contributed by atoms with Crippen LogP contribution in [0.3, 0.4) is 0 Å². The lowest BCUT2D eigenvalue weighted by Gasteiger charge is -2.59. The van der Waals surface area contributed by atoms with Crippen LogP contribution >= 0.6 is 0 Å². The number of carbonyl (C=O) groups excluding carboxylic acids is 1. The number of unbranched alkanes of at least 4 members (excludes halogenated alkanes) is 2. The Morgan fingerprint density at radius 3 is 2.66 bits per heavy atom. The first kappa shape index (κ1) is 39.5. The predicted molar refractivity (Wildman–Crippen MR) is 201 cm³/mol. The third kappa shape index (κ3) is 9.05. The molecule has 0 bridgehead atoms. The van der Waals surface area contributed by atoms with E-state index in [0.717, 1.165) is 87.2 Å². The van der Waals surface area contributed by atoms with E-state index in [1.165, 1.54) is 7.11 Å². The van der Waals surface area contributed by atoms with Crippen LogP contribution in [0.1, 0.15) is 89.0 Å². The largest absolute Gasteiger partial charge is 0.492 e. The van der Waals surface area contributed by atoms with Gasteiger partial charge in [-0.05, 0) is 80.6 Å². The molecule has 2 saturated heterocycles. The van der Waals surface area contributed by atoms with Crippen molar-refractivity contribution in [2.45, 2.75) is 102 Å². The second-order valence-corrected chi connectivity index (χ2v) is 15.0. The number of carbonyl (C=O) groups is 1. The second kappa shape index (κ2) is 18.9. The summed E-state index contributed by atoms with van der Waals surface area (Å²) < 4.78 is 31.9. The van der Waals surface area contributed by atoms with Crippen LogP contribution in [0.15, 0.2) is 47.7 Å². The third-order valence-corrected chi connectivity index (χ3v) is 11.5. The summed E-state index contributed by atoms with van der Waals surface area (Å²) in [6.45, 7) is 11.3. The molecule has 53 heavy (non-hydrogen) atoms. The van der Waals surface area contributed by atoms with E-state index in [0.29, 0.717) is 51.2 Å². The molecule has 294 valence electrons. The van der Waals surface area contributed by atoms with Gasteiger partial charge < -0.3 is 38.7 Å². The molecule has 3 fully saturated rings. The number of fused-ring (bicyclic) bond motifs is 2. The molecule has 1 aromatic rings. The monoisotopic (exact) mass is 739 g/mol. The molecule has 0 aromatic heterocycles. The molecule has 3 aliphatic heterocycles. The van der Waals surface area contributed by atoms with Gasteiger partial charge in [-0.2, -0.15) is 0 Å². The van der Waals surface area contributed by atoms with Crippen LogP contribution < -0.4 is 9.47 Å². The Hall–Kier alpha value is -3.16. The number of oxime groups is 1. The molecule has 0 radical (unpaired) electrons. The van der Waals surface area contributed by atoms with Crippen molar-refractivity contribution in [3.05, 3.63) is 48.1 Å². The SMILES string of the molecule is C=CCO[C@@]12Oc3ccc(OCCN4CC4)cc3[C@H]3[C@H](CCCCO)[C@@H](CCCCO)C=C(C(=NOC4CCCCO4)C[C@@H]1N(CCC)C(=O)OC)[C@H]32. The van der Waals surface area contributed by atoms with Gasteiger partial charge in [0.1, 0.15) is 24.1 Å².